The third-order valence-corrected chi connectivity index (χ3v) is 4.20. The molecular weight excluding hydrogens is 168 g/mol. The largest absolute Gasteiger partial charge is 0.0999 e. The fourth-order valence-corrected chi connectivity index (χ4v) is 3.22. The third-order valence-electron chi connectivity index (χ3n) is 4.20. The number of allylic oxidation sites excluding steroid dienone is 1. The van der Waals surface area contributed by atoms with Gasteiger partial charge in [-0.05, 0) is 43.9 Å². The molecule has 14 heavy (non-hydrogen) atoms. The lowest BCUT2D eigenvalue weighted by Gasteiger charge is -2.29. The van der Waals surface area contributed by atoms with Gasteiger partial charge in [-0.2, -0.15) is 0 Å². The molecule has 0 saturated heterocycles. The second kappa shape index (κ2) is 5.00. The normalized spacial score (nSPS) is 26.7. The first-order chi connectivity index (χ1) is 6.84. The number of hydrogen-bond acceptors (Lipinski definition) is 0. The fourth-order valence-electron chi connectivity index (χ4n) is 3.22. The van der Waals surface area contributed by atoms with Crippen molar-refractivity contribution >= 4 is 0 Å². The molecule has 0 aliphatic heterocycles. The molecule has 0 N–H and O–H groups in total. The highest BCUT2D eigenvalue weighted by Crippen LogP contribution is 2.36. The van der Waals surface area contributed by atoms with Gasteiger partial charge in [0.05, 0.1) is 0 Å². The quantitative estimate of drug-likeness (QED) is 0.556. The summed E-state index contributed by atoms with van der Waals surface area (Å²) >= 11 is 0. The third kappa shape index (κ3) is 2.87. The van der Waals surface area contributed by atoms with Crippen molar-refractivity contribution in [2.75, 3.05) is 0 Å². The van der Waals surface area contributed by atoms with Crippen LogP contribution in [-0.2, 0) is 0 Å². The summed E-state index contributed by atoms with van der Waals surface area (Å²) in [5, 5.41) is 0. The topological polar surface area (TPSA) is 0 Å². The van der Waals surface area contributed by atoms with Crippen LogP contribution < -0.4 is 0 Å². The molecule has 0 heteroatoms. The van der Waals surface area contributed by atoms with E-state index in [9.17, 15) is 0 Å². The van der Waals surface area contributed by atoms with E-state index in [2.05, 4.69) is 6.58 Å². The Balaban J connectivity index is 1.71. The van der Waals surface area contributed by atoms with Crippen LogP contribution in [0.1, 0.15) is 64.2 Å². The van der Waals surface area contributed by atoms with E-state index >= 15 is 0 Å². The van der Waals surface area contributed by atoms with Gasteiger partial charge >= 0.3 is 0 Å². The summed E-state index contributed by atoms with van der Waals surface area (Å²) in [5.74, 6) is 2.13. The molecule has 0 aromatic heterocycles. The van der Waals surface area contributed by atoms with Crippen LogP contribution in [0, 0.1) is 11.8 Å². The van der Waals surface area contributed by atoms with Crippen LogP contribution in [0.2, 0.25) is 0 Å². The predicted octanol–water partition coefficient (Wildman–Crippen LogP) is 4.70. The van der Waals surface area contributed by atoms with Crippen LogP contribution in [-0.4, -0.2) is 0 Å². The predicted molar refractivity (Wildman–Crippen MR) is 62.3 cm³/mol. The van der Waals surface area contributed by atoms with Crippen molar-refractivity contribution in [2.24, 2.45) is 11.8 Å². The Bertz CT molecular complexity index is 176. The standard InChI is InChI=1S/C14H24/c1-12-7-9-14(10-8-12)11-13-5-3-2-4-6-13/h13-14H,1-11H2. The molecule has 2 aliphatic carbocycles. The maximum atomic E-state index is 4.10. The molecule has 80 valence electrons. The van der Waals surface area contributed by atoms with Gasteiger partial charge in [-0.1, -0.05) is 44.3 Å². The summed E-state index contributed by atoms with van der Waals surface area (Å²) in [7, 11) is 0. The van der Waals surface area contributed by atoms with E-state index in [-0.39, 0.29) is 0 Å². The van der Waals surface area contributed by atoms with Crippen LogP contribution in [0.15, 0.2) is 12.2 Å². The van der Waals surface area contributed by atoms with Gasteiger partial charge in [0.25, 0.3) is 0 Å². The van der Waals surface area contributed by atoms with Gasteiger partial charge in [-0.15, -0.1) is 0 Å². The van der Waals surface area contributed by atoms with Crippen LogP contribution in [0.4, 0.5) is 0 Å². The molecule has 2 aliphatic rings. The minimum atomic E-state index is 1.04. The van der Waals surface area contributed by atoms with Gasteiger partial charge < -0.3 is 0 Å². The number of hydrogen-bond donors (Lipinski definition) is 0. The van der Waals surface area contributed by atoms with Crippen LogP contribution in [0.3, 0.4) is 0 Å². The second-order valence-electron chi connectivity index (χ2n) is 5.43. The van der Waals surface area contributed by atoms with Crippen LogP contribution in [0.25, 0.3) is 0 Å². The molecule has 0 aromatic rings. The zero-order valence-corrected chi connectivity index (χ0v) is 9.43. The molecule has 2 saturated carbocycles. The van der Waals surface area contributed by atoms with Crippen molar-refractivity contribution < 1.29 is 0 Å². The van der Waals surface area contributed by atoms with Gasteiger partial charge in [0.2, 0.25) is 0 Å². The first-order valence-corrected chi connectivity index (χ1v) is 6.51. The average molecular weight is 192 g/mol. The van der Waals surface area contributed by atoms with E-state index in [1.165, 1.54) is 69.8 Å². The lowest BCUT2D eigenvalue weighted by molar-refractivity contribution is 0.259. The first kappa shape index (κ1) is 10.3. The second-order valence-corrected chi connectivity index (χ2v) is 5.43. The van der Waals surface area contributed by atoms with E-state index in [0.29, 0.717) is 0 Å². The summed E-state index contributed by atoms with van der Waals surface area (Å²) in [5.41, 5.74) is 1.50. The minimum absolute atomic E-state index is 1.04. The Morgan fingerprint density at radius 3 is 2.07 bits per heavy atom. The minimum Gasteiger partial charge on any atom is -0.0999 e. The van der Waals surface area contributed by atoms with E-state index in [1.807, 2.05) is 0 Å². The average Bonchev–Trinajstić information content (AvgIpc) is 2.23. The molecule has 0 aromatic carbocycles. The Hall–Kier alpha value is -0.260. The summed E-state index contributed by atoms with van der Waals surface area (Å²) in [6.45, 7) is 4.10. The zero-order valence-electron chi connectivity index (χ0n) is 9.43. The number of rotatable bonds is 2. The summed E-state index contributed by atoms with van der Waals surface area (Å²) < 4.78 is 0. The Morgan fingerprint density at radius 1 is 0.857 bits per heavy atom. The maximum absolute atomic E-state index is 4.10. The van der Waals surface area contributed by atoms with Gasteiger partial charge in [0.1, 0.15) is 0 Å². The highest BCUT2D eigenvalue weighted by Gasteiger charge is 2.21. The van der Waals surface area contributed by atoms with Gasteiger partial charge in [0, 0.05) is 0 Å². The molecule has 0 radical (unpaired) electrons. The van der Waals surface area contributed by atoms with E-state index in [1.54, 1.807) is 0 Å². The monoisotopic (exact) mass is 192 g/mol. The maximum Gasteiger partial charge on any atom is -0.0320 e. The fraction of sp³-hybridized carbons (Fsp3) is 0.857. The lowest BCUT2D eigenvalue weighted by Crippen LogP contribution is -2.15. The van der Waals surface area contributed by atoms with Gasteiger partial charge in [-0.25, -0.2) is 0 Å². The molecule has 2 fully saturated rings. The molecule has 0 atom stereocenters. The summed E-state index contributed by atoms with van der Waals surface area (Å²) in [6.07, 6.45) is 14.6. The molecule has 0 amide bonds. The first-order valence-electron chi connectivity index (χ1n) is 6.51. The highest BCUT2D eigenvalue weighted by atomic mass is 14.3. The smallest absolute Gasteiger partial charge is 0.0320 e. The molecule has 0 nitrogen and oxygen atoms in total. The molecule has 0 heterocycles. The van der Waals surface area contributed by atoms with Crippen molar-refractivity contribution in [2.45, 2.75) is 64.2 Å². The molecule has 0 spiro atoms. The van der Waals surface area contributed by atoms with E-state index in [4.69, 9.17) is 0 Å². The molecule has 0 unspecified atom stereocenters. The van der Waals surface area contributed by atoms with Crippen LogP contribution >= 0.6 is 0 Å². The molecule has 0 bridgehead atoms. The summed E-state index contributed by atoms with van der Waals surface area (Å²) in [4.78, 5) is 0. The highest BCUT2D eigenvalue weighted by molar-refractivity contribution is 4.98. The zero-order chi connectivity index (χ0) is 9.80. The summed E-state index contributed by atoms with van der Waals surface area (Å²) in [6, 6.07) is 0. The lowest BCUT2D eigenvalue weighted by atomic mass is 9.77. The van der Waals surface area contributed by atoms with Crippen molar-refractivity contribution in [1.82, 2.24) is 0 Å². The van der Waals surface area contributed by atoms with Gasteiger partial charge in [0.15, 0.2) is 0 Å². The van der Waals surface area contributed by atoms with E-state index in [0.717, 1.165) is 11.8 Å². The van der Waals surface area contributed by atoms with Crippen molar-refractivity contribution in [3.05, 3.63) is 12.2 Å². The Kier molecular flexibility index (Phi) is 3.67. The molecular formula is C14H24. The van der Waals surface area contributed by atoms with Crippen molar-refractivity contribution in [3.63, 3.8) is 0 Å². The van der Waals surface area contributed by atoms with Gasteiger partial charge in [-0.3, -0.25) is 0 Å². The SMILES string of the molecule is C=C1CCC(CC2CCCCC2)CC1. The van der Waals surface area contributed by atoms with Crippen molar-refractivity contribution in [3.8, 4) is 0 Å². The Labute approximate surface area is 88.8 Å². The van der Waals surface area contributed by atoms with Crippen LogP contribution in [0.5, 0.6) is 0 Å². The van der Waals surface area contributed by atoms with Crippen molar-refractivity contribution in [1.29, 1.82) is 0 Å². The Morgan fingerprint density at radius 2 is 1.43 bits per heavy atom. The van der Waals surface area contributed by atoms with E-state index < -0.39 is 0 Å². The molecule has 2 rings (SSSR count).